The van der Waals surface area contributed by atoms with Gasteiger partial charge in [0, 0.05) is 103 Å². The summed E-state index contributed by atoms with van der Waals surface area (Å²) in [7, 11) is 4.32. The SMILES string of the molecule is CCN(CC)c1ccc2c(c1)Oc1cc(N(CC)CC)ccc1C2=C(/C=C/c1ccc2ccccc2[n+]1C)/C=C/C1C=Cc2ccccc2N1C. The third-order valence-corrected chi connectivity index (χ3v) is 10.5. The number of rotatable bonds is 10. The Morgan fingerprint density at radius 1 is 0.745 bits per heavy atom. The lowest BCUT2D eigenvalue weighted by Gasteiger charge is -2.31. The van der Waals surface area contributed by atoms with Gasteiger partial charge in [-0.2, -0.15) is 4.57 Å². The first kappa shape index (κ1) is 33.9. The molecule has 7 rings (SSSR count). The maximum atomic E-state index is 6.84. The summed E-state index contributed by atoms with van der Waals surface area (Å²) in [4.78, 5) is 7.09. The van der Waals surface area contributed by atoms with E-state index >= 15 is 0 Å². The number of fused-ring (bicyclic) bond motifs is 4. The van der Waals surface area contributed by atoms with E-state index in [9.17, 15) is 0 Å². The van der Waals surface area contributed by atoms with Crippen LogP contribution in [0.3, 0.4) is 0 Å². The van der Waals surface area contributed by atoms with Crippen LogP contribution in [-0.2, 0) is 7.05 Å². The van der Waals surface area contributed by atoms with Crippen LogP contribution in [-0.4, -0.2) is 39.3 Å². The zero-order valence-electron chi connectivity index (χ0n) is 30.8. The van der Waals surface area contributed by atoms with E-state index in [0.717, 1.165) is 60.1 Å². The van der Waals surface area contributed by atoms with Gasteiger partial charge in [0.05, 0.1) is 6.04 Å². The van der Waals surface area contributed by atoms with Gasteiger partial charge in [-0.1, -0.05) is 54.6 Å². The number of pyridine rings is 1. The minimum atomic E-state index is 0.106. The highest BCUT2D eigenvalue weighted by Crippen LogP contribution is 2.48. The minimum absolute atomic E-state index is 0.106. The molecule has 2 aliphatic heterocycles. The Labute approximate surface area is 303 Å². The zero-order chi connectivity index (χ0) is 35.5. The van der Waals surface area contributed by atoms with Crippen molar-refractivity contribution in [3.8, 4) is 11.5 Å². The number of aryl methyl sites for hydroxylation is 1. The molecule has 0 saturated heterocycles. The summed E-state index contributed by atoms with van der Waals surface area (Å²) in [6.45, 7) is 12.6. The average molecular weight is 674 g/mol. The van der Waals surface area contributed by atoms with Crippen LogP contribution in [0.5, 0.6) is 11.5 Å². The van der Waals surface area contributed by atoms with Crippen molar-refractivity contribution >= 4 is 45.7 Å². The summed E-state index contributed by atoms with van der Waals surface area (Å²) in [5.74, 6) is 1.77. The molecule has 5 aromatic rings. The molecule has 2 aliphatic rings. The molecule has 0 bridgehead atoms. The zero-order valence-corrected chi connectivity index (χ0v) is 30.8. The van der Waals surface area contributed by atoms with Crippen molar-refractivity contribution in [2.45, 2.75) is 33.7 Å². The van der Waals surface area contributed by atoms with Crippen LogP contribution >= 0.6 is 0 Å². The highest BCUT2D eigenvalue weighted by molar-refractivity contribution is 5.94. The fourth-order valence-electron chi connectivity index (χ4n) is 7.51. The summed E-state index contributed by atoms with van der Waals surface area (Å²) in [6.07, 6.45) is 13.7. The molecule has 5 heteroatoms. The van der Waals surface area contributed by atoms with Crippen molar-refractivity contribution < 1.29 is 9.30 Å². The first-order valence-electron chi connectivity index (χ1n) is 18.4. The fourth-order valence-corrected chi connectivity index (χ4v) is 7.51. The number of anilines is 3. The molecule has 51 heavy (non-hydrogen) atoms. The molecule has 5 nitrogen and oxygen atoms in total. The van der Waals surface area contributed by atoms with Gasteiger partial charge in [0.1, 0.15) is 18.5 Å². The molecular formula is C46H49N4O+. The number of nitrogens with zero attached hydrogens (tertiary/aromatic N) is 4. The van der Waals surface area contributed by atoms with Crippen LogP contribution in [0.2, 0.25) is 0 Å². The van der Waals surface area contributed by atoms with E-state index in [1.807, 2.05) is 0 Å². The van der Waals surface area contributed by atoms with Crippen LogP contribution in [0.4, 0.5) is 17.1 Å². The van der Waals surface area contributed by atoms with Gasteiger partial charge < -0.3 is 19.4 Å². The predicted octanol–water partition coefficient (Wildman–Crippen LogP) is 10.1. The Hall–Kier alpha value is -5.55. The van der Waals surface area contributed by atoms with E-state index in [0.29, 0.717) is 0 Å². The first-order valence-corrected chi connectivity index (χ1v) is 18.4. The number of para-hydroxylation sites is 2. The second kappa shape index (κ2) is 14.7. The summed E-state index contributed by atoms with van der Waals surface area (Å²) in [5.41, 5.74) is 11.6. The smallest absolute Gasteiger partial charge is 0.212 e. The van der Waals surface area contributed by atoms with Gasteiger partial charge in [0.2, 0.25) is 11.2 Å². The lowest BCUT2D eigenvalue weighted by Crippen LogP contribution is -2.32. The lowest BCUT2D eigenvalue weighted by atomic mass is 9.88. The topological polar surface area (TPSA) is 22.8 Å². The maximum Gasteiger partial charge on any atom is 0.212 e. The summed E-state index contributed by atoms with van der Waals surface area (Å²) >= 11 is 0. The van der Waals surface area contributed by atoms with Crippen molar-refractivity contribution in [1.29, 1.82) is 0 Å². The third kappa shape index (κ3) is 6.57. The van der Waals surface area contributed by atoms with E-state index in [1.54, 1.807) is 0 Å². The van der Waals surface area contributed by atoms with Gasteiger partial charge in [0.25, 0.3) is 0 Å². The van der Waals surface area contributed by atoms with E-state index < -0.39 is 0 Å². The first-order chi connectivity index (χ1) is 24.9. The molecule has 3 heterocycles. The van der Waals surface area contributed by atoms with Gasteiger partial charge in [-0.3, -0.25) is 0 Å². The molecule has 0 saturated carbocycles. The van der Waals surface area contributed by atoms with E-state index in [2.05, 4.69) is 195 Å². The van der Waals surface area contributed by atoms with Crippen molar-refractivity contribution in [3.05, 3.63) is 149 Å². The second-order valence-corrected chi connectivity index (χ2v) is 13.2. The monoisotopic (exact) mass is 673 g/mol. The molecule has 0 fully saturated rings. The normalized spacial score (nSPS) is 14.8. The highest BCUT2D eigenvalue weighted by Gasteiger charge is 2.26. The number of aromatic nitrogens is 1. The van der Waals surface area contributed by atoms with Crippen LogP contribution in [0.1, 0.15) is 50.1 Å². The third-order valence-electron chi connectivity index (χ3n) is 10.5. The van der Waals surface area contributed by atoms with Crippen LogP contribution in [0.25, 0.3) is 28.6 Å². The van der Waals surface area contributed by atoms with E-state index in [-0.39, 0.29) is 6.04 Å². The molecule has 1 atom stereocenters. The molecule has 4 aromatic carbocycles. The van der Waals surface area contributed by atoms with Crippen LogP contribution < -0.4 is 24.0 Å². The summed E-state index contributed by atoms with van der Waals surface area (Å²) < 4.78 is 9.11. The maximum absolute atomic E-state index is 6.84. The van der Waals surface area contributed by atoms with Crippen molar-refractivity contribution in [3.63, 3.8) is 0 Å². The van der Waals surface area contributed by atoms with E-state index in [4.69, 9.17) is 4.74 Å². The molecule has 1 aromatic heterocycles. The molecule has 0 N–H and O–H groups in total. The molecule has 0 amide bonds. The van der Waals surface area contributed by atoms with Gasteiger partial charge in [-0.15, -0.1) is 0 Å². The Balaban J connectivity index is 1.43. The second-order valence-electron chi connectivity index (χ2n) is 13.2. The molecule has 258 valence electrons. The van der Waals surface area contributed by atoms with Gasteiger partial charge in [-0.05, 0) is 87.4 Å². The molecule has 1 unspecified atom stereocenters. The number of allylic oxidation sites excluding steroid dienone is 3. The molecule has 0 spiro atoms. The molecular weight excluding hydrogens is 625 g/mol. The number of hydrogen-bond acceptors (Lipinski definition) is 4. The Morgan fingerprint density at radius 2 is 1.37 bits per heavy atom. The van der Waals surface area contributed by atoms with Gasteiger partial charge >= 0.3 is 0 Å². The summed E-state index contributed by atoms with van der Waals surface area (Å²) in [5, 5.41) is 1.23. The van der Waals surface area contributed by atoms with Gasteiger partial charge in [-0.25, -0.2) is 0 Å². The highest BCUT2D eigenvalue weighted by atomic mass is 16.5. The molecule has 0 aliphatic carbocycles. The van der Waals surface area contributed by atoms with Crippen molar-refractivity contribution in [1.82, 2.24) is 0 Å². The largest absolute Gasteiger partial charge is 0.456 e. The Morgan fingerprint density at radius 3 is 2.04 bits per heavy atom. The Kier molecular flexibility index (Phi) is 9.81. The summed E-state index contributed by atoms with van der Waals surface area (Å²) in [6, 6.07) is 35.1. The number of likely N-dealkylation sites (N-methyl/N-ethyl adjacent to an activating group) is 1. The lowest BCUT2D eigenvalue weighted by molar-refractivity contribution is -0.646. The standard InChI is InChI=1S/C46H49N4O/c1-7-49(8-2)38-27-29-40-44(31-38)51-45-32-39(50(9-3)10-4)28-30-41(45)46(40)35(21-25-36-23-19-33-15-11-13-17-42(33)47(36)5)22-26-37-24-20-34-16-12-14-18-43(34)48(37)6/h11-32,36H,7-10H2,1-6H3/q+1/b25-21+. The van der Waals surface area contributed by atoms with Crippen LogP contribution in [0, 0.1) is 0 Å². The Bertz CT molecular complexity index is 2120. The number of benzene rings is 4. The van der Waals surface area contributed by atoms with Gasteiger partial charge in [0.15, 0.2) is 0 Å². The average Bonchev–Trinajstić information content (AvgIpc) is 3.16. The quantitative estimate of drug-likeness (QED) is 0.135. The number of hydrogen-bond donors (Lipinski definition) is 0. The predicted molar refractivity (Wildman–Crippen MR) is 217 cm³/mol. The molecule has 0 radical (unpaired) electrons. The van der Waals surface area contributed by atoms with E-state index in [1.165, 1.54) is 39.1 Å². The van der Waals surface area contributed by atoms with Crippen molar-refractivity contribution in [2.24, 2.45) is 7.05 Å². The van der Waals surface area contributed by atoms with Crippen molar-refractivity contribution in [2.75, 3.05) is 47.9 Å². The fraction of sp³-hybridized carbons (Fsp3) is 0.239. The van der Waals surface area contributed by atoms with Crippen LogP contribution in [0.15, 0.2) is 127 Å². The number of ether oxygens (including phenoxy) is 1. The minimum Gasteiger partial charge on any atom is -0.456 e.